The molecule has 0 radical (unpaired) electrons. The molecule has 1 N–H and O–H groups in total. The molecule has 0 aliphatic carbocycles. The lowest BCUT2D eigenvalue weighted by atomic mass is 10.1. The molecule has 2 amide bonds. The van der Waals surface area contributed by atoms with Crippen molar-refractivity contribution in [1.29, 1.82) is 0 Å². The first kappa shape index (κ1) is 19.9. The Labute approximate surface area is 191 Å². The Hall–Kier alpha value is -3.07. The van der Waals surface area contributed by atoms with Crippen molar-refractivity contribution in [2.24, 2.45) is 0 Å². The van der Waals surface area contributed by atoms with Gasteiger partial charge in [-0.1, -0.05) is 48.2 Å². The second kappa shape index (κ2) is 8.22. The maximum Gasteiger partial charge on any atom is 0.258 e. The van der Waals surface area contributed by atoms with Crippen LogP contribution >= 0.6 is 34.0 Å². The Balaban J connectivity index is 1.30. The van der Waals surface area contributed by atoms with Crippen molar-refractivity contribution in [2.75, 3.05) is 11.9 Å². The zero-order valence-electron chi connectivity index (χ0n) is 16.3. The molecule has 4 heterocycles. The van der Waals surface area contributed by atoms with E-state index in [1.165, 1.54) is 11.3 Å². The highest BCUT2D eigenvalue weighted by Gasteiger charge is 2.30. The second-order valence-electron chi connectivity index (χ2n) is 6.90. The van der Waals surface area contributed by atoms with Crippen molar-refractivity contribution >= 4 is 56.7 Å². The molecule has 0 unspecified atom stereocenters. The van der Waals surface area contributed by atoms with Crippen molar-refractivity contribution in [3.05, 3.63) is 77.0 Å². The average molecular weight is 464 g/mol. The first-order valence-electron chi connectivity index (χ1n) is 9.60. The Morgan fingerprint density at radius 2 is 1.71 bits per heavy atom. The molecule has 0 saturated carbocycles. The fraction of sp³-hybridized carbons (Fsp3) is 0.0870. The van der Waals surface area contributed by atoms with Crippen molar-refractivity contribution in [3.63, 3.8) is 0 Å². The molecule has 0 atom stereocenters. The Morgan fingerprint density at radius 1 is 1.00 bits per heavy atom. The van der Waals surface area contributed by atoms with Gasteiger partial charge in [0.2, 0.25) is 5.91 Å². The third-order valence-corrected chi connectivity index (χ3v) is 7.87. The fourth-order valence-corrected chi connectivity index (χ4v) is 6.13. The molecular formula is C23H17N3O2S3. The first-order valence-corrected chi connectivity index (χ1v) is 12.2. The largest absolute Gasteiger partial charge is 0.308 e. The summed E-state index contributed by atoms with van der Waals surface area (Å²) in [6, 6.07) is 15.5. The smallest absolute Gasteiger partial charge is 0.258 e. The summed E-state index contributed by atoms with van der Waals surface area (Å²) in [4.78, 5) is 34.8. The molecule has 154 valence electrons. The topological polar surface area (TPSA) is 62.3 Å². The number of thiophene rings is 2. The van der Waals surface area contributed by atoms with Crippen LogP contribution in [0, 0.1) is 0 Å². The number of thiazole rings is 1. The zero-order chi connectivity index (χ0) is 21.4. The number of aromatic nitrogens is 1. The van der Waals surface area contributed by atoms with Gasteiger partial charge in [-0.3, -0.25) is 9.59 Å². The Kier molecular flexibility index (Phi) is 5.27. The van der Waals surface area contributed by atoms with Crippen LogP contribution in [0.3, 0.4) is 0 Å². The van der Waals surface area contributed by atoms with Crippen molar-refractivity contribution in [3.8, 4) is 20.3 Å². The van der Waals surface area contributed by atoms with E-state index < -0.39 is 0 Å². The van der Waals surface area contributed by atoms with Gasteiger partial charge < -0.3 is 10.2 Å². The number of benzene rings is 1. The van der Waals surface area contributed by atoms with Crippen molar-refractivity contribution < 1.29 is 9.59 Å². The summed E-state index contributed by atoms with van der Waals surface area (Å²) in [7, 11) is 0. The maximum atomic E-state index is 12.6. The quantitative estimate of drug-likeness (QED) is 0.378. The molecule has 1 aromatic carbocycles. The monoisotopic (exact) mass is 463 g/mol. The molecule has 0 spiro atoms. The molecular weight excluding hydrogens is 446 g/mol. The Morgan fingerprint density at radius 3 is 2.39 bits per heavy atom. The maximum absolute atomic E-state index is 12.6. The average Bonchev–Trinajstić information content (AvgIpc) is 3.56. The third kappa shape index (κ3) is 3.74. The minimum Gasteiger partial charge on any atom is -0.308 e. The van der Waals surface area contributed by atoms with Crippen LogP contribution in [0.1, 0.15) is 22.3 Å². The molecule has 0 saturated heterocycles. The molecule has 31 heavy (non-hydrogen) atoms. The van der Waals surface area contributed by atoms with Crippen molar-refractivity contribution in [2.45, 2.75) is 6.42 Å². The number of nitrogens with one attached hydrogen (secondary N) is 1. The SMILES string of the molecule is C=C1c2ccccc2C(=O)N1CCC(=O)Nc1nc(-c2cccs2)c(-c2cccs2)s1. The van der Waals surface area contributed by atoms with Gasteiger partial charge in [-0.25, -0.2) is 4.98 Å². The van der Waals surface area contributed by atoms with E-state index >= 15 is 0 Å². The lowest BCUT2D eigenvalue weighted by Crippen LogP contribution is -2.27. The summed E-state index contributed by atoms with van der Waals surface area (Å²) >= 11 is 4.74. The summed E-state index contributed by atoms with van der Waals surface area (Å²) in [6.07, 6.45) is 0.168. The van der Waals surface area contributed by atoms with Gasteiger partial charge in [-0.2, -0.15) is 0 Å². The van der Waals surface area contributed by atoms with Crippen LogP contribution in [0.5, 0.6) is 0 Å². The molecule has 1 aliphatic heterocycles. The number of carbonyl (C=O) groups excluding carboxylic acids is 2. The minimum atomic E-state index is -0.180. The molecule has 0 bridgehead atoms. The highest BCUT2D eigenvalue weighted by Crippen LogP contribution is 2.42. The predicted octanol–water partition coefficient (Wildman–Crippen LogP) is 6.06. The standard InChI is InChI=1S/C23H17N3O2S3/c1-14-15-6-2-3-7-16(15)22(28)26(14)11-10-19(27)24-23-25-20(17-8-4-12-29-17)21(31-23)18-9-5-13-30-18/h2-9,12-13H,1,10-11H2,(H,24,25,27). The molecule has 5 rings (SSSR count). The van der Waals surface area contributed by atoms with Crippen LogP contribution in [0.25, 0.3) is 26.0 Å². The number of amides is 2. The highest BCUT2D eigenvalue weighted by atomic mass is 32.1. The number of hydrogen-bond donors (Lipinski definition) is 1. The van der Waals surface area contributed by atoms with Crippen LogP contribution in [-0.4, -0.2) is 28.2 Å². The summed E-state index contributed by atoms with van der Waals surface area (Å²) in [5.41, 5.74) is 2.99. The van der Waals surface area contributed by atoms with E-state index in [9.17, 15) is 9.59 Å². The van der Waals surface area contributed by atoms with Gasteiger partial charge in [0.15, 0.2) is 5.13 Å². The molecule has 8 heteroatoms. The lowest BCUT2D eigenvalue weighted by Gasteiger charge is -2.16. The second-order valence-corrected chi connectivity index (χ2v) is 9.79. The fourth-order valence-electron chi connectivity index (χ4n) is 3.49. The van der Waals surface area contributed by atoms with E-state index in [1.807, 2.05) is 47.2 Å². The van der Waals surface area contributed by atoms with Crippen molar-refractivity contribution in [1.82, 2.24) is 9.88 Å². The normalized spacial score (nSPS) is 13.0. The summed E-state index contributed by atoms with van der Waals surface area (Å²) < 4.78 is 0. The predicted molar refractivity (Wildman–Crippen MR) is 128 cm³/mol. The number of fused-ring (bicyclic) bond motifs is 1. The van der Waals surface area contributed by atoms with Crippen LogP contribution in [0.2, 0.25) is 0 Å². The van der Waals surface area contributed by atoms with Gasteiger partial charge >= 0.3 is 0 Å². The minimum absolute atomic E-state index is 0.109. The van der Waals surface area contributed by atoms with Gasteiger partial charge in [0, 0.05) is 34.7 Å². The van der Waals surface area contributed by atoms with Crippen LogP contribution in [-0.2, 0) is 4.79 Å². The van der Waals surface area contributed by atoms with Crippen LogP contribution < -0.4 is 5.32 Å². The number of rotatable bonds is 6. The van der Waals surface area contributed by atoms with E-state index in [1.54, 1.807) is 33.6 Å². The Bertz CT molecular complexity index is 1190. The molecule has 1 aliphatic rings. The van der Waals surface area contributed by atoms with Crippen LogP contribution in [0.15, 0.2) is 65.9 Å². The first-order chi connectivity index (χ1) is 15.1. The molecule has 5 nitrogen and oxygen atoms in total. The van der Waals surface area contributed by atoms with Gasteiger partial charge in [-0.15, -0.1) is 22.7 Å². The van der Waals surface area contributed by atoms with Gasteiger partial charge in [0.1, 0.15) is 5.69 Å². The summed E-state index contributed by atoms with van der Waals surface area (Å²) in [5, 5.41) is 7.52. The number of hydrogen-bond acceptors (Lipinski definition) is 6. The number of carbonyl (C=O) groups is 2. The van der Waals surface area contributed by atoms with E-state index in [-0.39, 0.29) is 24.8 Å². The van der Waals surface area contributed by atoms with E-state index in [4.69, 9.17) is 4.98 Å². The lowest BCUT2D eigenvalue weighted by molar-refractivity contribution is -0.116. The zero-order valence-corrected chi connectivity index (χ0v) is 18.8. The van der Waals surface area contributed by atoms with Crippen LogP contribution in [0.4, 0.5) is 5.13 Å². The van der Waals surface area contributed by atoms with E-state index in [0.717, 1.165) is 25.9 Å². The number of nitrogens with zero attached hydrogens (tertiary/aromatic N) is 2. The highest BCUT2D eigenvalue weighted by molar-refractivity contribution is 7.24. The number of anilines is 1. The molecule has 4 aromatic rings. The van der Waals surface area contributed by atoms with Gasteiger partial charge in [0.25, 0.3) is 5.91 Å². The molecule has 0 fully saturated rings. The summed E-state index contributed by atoms with van der Waals surface area (Å²) in [6.45, 7) is 4.30. The molecule has 3 aromatic heterocycles. The summed E-state index contributed by atoms with van der Waals surface area (Å²) in [5.74, 6) is -0.289. The van der Waals surface area contributed by atoms with Gasteiger partial charge in [0.05, 0.1) is 9.75 Å². The van der Waals surface area contributed by atoms with E-state index in [0.29, 0.717) is 16.4 Å². The van der Waals surface area contributed by atoms with E-state index in [2.05, 4.69) is 18.0 Å². The third-order valence-electron chi connectivity index (χ3n) is 4.97. The van der Waals surface area contributed by atoms with Gasteiger partial charge in [-0.05, 0) is 29.0 Å².